The molecule has 2 rings (SSSR count). The number of aliphatic hydroxyl groups is 1. The maximum absolute atomic E-state index is 12.7. The number of halogens is 3. The van der Waals surface area contributed by atoms with Crippen LogP contribution in [-0.4, -0.2) is 28.8 Å². The molecule has 20 heavy (non-hydrogen) atoms. The van der Waals surface area contributed by atoms with Gasteiger partial charge in [-0.05, 0) is 18.1 Å². The minimum Gasteiger partial charge on any atom is -0.386 e. The topological polar surface area (TPSA) is 60.1 Å². The molecule has 7 heteroatoms. The monoisotopic (exact) mass is 285 g/mol. The molecule has 0 aromatic carbocycles. The normalized spacial score (nSPS) is 17.8. The number of hydrogen-bond acceptors (Lipinski definition) is 4. The van der Waals surface area contributed by atoms with E-state index in [1.165, 1.54) is 4.90 Å². The number of aromatic nitrogens is 1. The fourth-order valence-corrected chi connectivity index (χ4v) is 2.06. The molecule has 0 spiro atoms. The third-order valence-corrected chi connectivity index (χ3v) is 3.59. The van der Waals surface area contributed by atoms with Crippen molar-refractivity contribution < 1.29 is 18.3 Å². The molecule has 0 saturated carbocycles. The van der Waals surface area contributed by atoms with Crippen LogP contribution >= 0.6 is 0 Å². The molecule has 1 aromatic heterocycles. The summed E-state index contributed by atoms with van der Waals surface area (Å²) in [4.78, 5) is 5.02. The van der Waals surface area contributed by atoms with Gasteiger partial charge in [0.2, 0.25) is 0 Å². The van der Waals surface area contributed by atoms with E-state index in [1.807, 2.05) is 19.9 Å². The second-order valence-electron chi connectivity index (χ2n) is 5.29. The van der Waals surface area contributed by atoms with Gasteiger partial charge in [-0.3, -0.25) is 0 Å². The van der Waals surface area contributed by atoms with Gasteiger partial charge >= 0.3 is 6.18 Å². The van der Waals surface area contributed by atoms with Crippen LogP contribution in [-0.2, 0) is 6.18 Å². The molecular weight excluding hydrogens is 271 g/mol. The van der Waals surface area contributed by atoms with Gasteiger partial charge in [0, 0.05) is 0 Å². The maximum atomic E-state index is 12.7. The highest BCUT2D eigenvalue weighted by Gasteiger charge is 2.45. The van der Waals surface area contributed by atoms with E-state index in [0.717, 1.165) is 12.1 Å². The number of nitriles is 1. The number of nitrogens with zero attached hydrogens (tertiary/aromatic N) is 3. The molecule has 0 unspecified atom stereocenters. The Morgan fingerprint density at radius 3 is 2.45 bits per heavy atom. The molecule has 0 bridgehead atoms. The third kappa shape index (κ3) is 2.43. The fraction of sp³-hybridized carbons (Fsp3) is 0.538. The van der Waals surface area contributed by atoms with Crippen molar-refractivity contribution in [1.82, 2.24) is 4.98 Å². The summed E-state index contributed by atoms with van der Waals surface area (Å²) in [5.41, 5.74) is -1.90. The smallest absolute Gasteiger partial charge is 0.386 e. The van der Waals surface area contributed by atoms with Crippen molar-refractivity contribution in [2.24, 2.45) is 5.92 Å². The SMILES string of the molecule is CC(C)C1(O)CN(c2nc(C(F)(F)F)ccc2C#N)C1. The molecule has 1 aromatic rings. The third-order valence-electron chi connectivity index (χ3n) is 3.59. The summed E-state index contributed by atoms with van der Waals surface area (Å²) in [5, 5.41) is 19.1. The van der Waals surface area contributed by atoms with Crippen LogP contribution < -0.4 is 4.90 Å². The number of β-amino-alcohol motifs (C(OH)–C–C–N with tert-alkyl or cyclic N) is 1. The van der Waals surface area contributed by atoms with Gasteiger partial charge in [0.25, 0.3) is 0 Å². The van der Waals surface area contributed by atoms with Crippen LogP contribution in [0.25, 0.3) is 0 Å². The first-order valence-electron chi connectivity index (χ1n) is 6.13. The Kier molecular flexibility index (Phi) is 3.38. The average Bonchev–Trinajstić information content (AvgIpc) is 2.32. The van der Waals surface area contributed by atoms with Crippen LogP contribution in [0.2, 0.25) is 0 Å². The Labute approximate surface area is 114 Å². The zero-order chi connectivity index (χ0) is 15.1. The van der Waals surface area contributed by atoms with Gasteiger partial charge in [0.05, 0.1) is 18.7 Å². The molecule has 1 aliphatic rings. The van der Waals surface area contributed by atoms with E-state index in [4.69, 9.17) is 5.26 Å². The standard InChI is InChI=1S/C13H14F3N3O/c1-8(2)12(20)6-19(7-12)11-9(5-17)3-4-10(18-11)13(14,15)16/h3-4,8,20H,6-7H2,1-2H3. The second kappa shape index (κ2) is 4.63. The van der Waals surface area contributed by atoms with E-state index in [1.54, 1.807) is 0 Å². The van der Waals surface area contributed by atoms with Crippen molar-refractivity contribution in [1.29, 1.82) is 5.26 Å². The molecule has 0 radical (unpaired) electrons. The quantitative estimate of drug-likeness (QED) is 0.904. The molecular formula is C13H14F3N3O. The molecule has 108 valence electrons. The fourth-order valence-electron chi connectivity index (χ4n) is 2.06. The van der Waals surface area contributed by atoms with E-state index in [-0.39, 0.29) is 30.4 Å². The zero-order valence-electron chi connectivity index (χ0n) is 11.1. The molecule has 1 fully saturated rings. The zero-order valence-corrected chi connectivity index (χ0v) is 11.1. The molecule has 0 atom stereocenters. The van der Waals surface area contributed by atoms with Crippen molar-refractivity contribution in [3.05, 3.63) is 23.4 Å². The largest absolute Gasteiger partial charge is 0.433 e. The predicted molar refractivity (Wildman–Crippen MR) is 66.0 cm³/mol. The summed E-state index contributed by atoms with van der Waals surface area (Å²) >= 11 is 0. The van der Waals surface area contributed by atoms with Crippen LogP contribution in [0, 0.1) is 17.2 Å². The van der Waals surface area contributed by atoms with Crippen molar-refractivity contribution in [2.45, 2.75) is 25.6 Å². The number of alkyl halides is 3. The highest BCUT2D eigenvalue weighted by Crippen LogP contribution is 2.35. The Morgan fingerprint density at radius 1 is 1.40 bits per heavy atom. The summed E-state index contributed by atoms with van der Waals surface area (Å²) in [7, 11) is 0. The van der Waals surface area contributed by atoms with Gasteiger partial charge in [-0.25, -0.2) is 4.98 Å². The van der Waals surface area contributed by atoms with Crippen molar-refractivity contribution in [3.63, 3.8) is 0 Å². The van der Waals surface area contributed by atoms with E-state index in [9.17, 15) is 18.3 Å². The lowest BCUT2D eigenvalue weighted by molar-refractivity contribution is -0.141. The first-order chi connectivity index (χ1) is 9.17. The van der Waals surface area contributed by atoms with Crippen molar-refractivity contribution in [2.75, 3.05) is 18.0 Å². The summed E-state index contributed by atoms with van der Waals surface area (Å²) in [6.45, 7) is 4.02. The predicted octanol–water partition coefficient (Wildman–Crippen LogP) is 2.18. The molecule has 4 nitrogen and oxygen atoms in total. The van der Waals surface area contributed by atoms with Gasteiger partial charge < -0.3 is 10.0 Å². The maximum Gasteiger partial charge on any atom is 0.433 e. The molecule has 0 aliphatic carbocycles. The minimum absolute atomic E-state index is 0.0184. The number of hydrogen-bond donors (Lipinski definition) is 1. The molecule has 1 N–H and O–H groups in total. The summed E-state index contributed by atoms with van der Waals surface area (Å²) < 4.78 is 38.0. The van der Waals surface area contributed by atoms with Crippen LogP contribution in [0.5, 0.6) is 0 Å². The number of pyridine rings is 1. The highest BCUT2D eigenvalue weighted by molar-refractivity contribution is 5.57. The van der Waals surface area contributed by atoms with E-state index in [0.29, 0.717) is 0 Å². The lowest BCUT2D eigenvalue weighted by Crippen LogP contribution is -2.65. The van der Waals surface area contributed by atoms with Crippen LogP contribution in [0.4, 0.5) is 19.0 Å². The lowest BCUT2D eigenvalue weighted by atomic mass is 9.83. The van der Waals surface area contributed by atoms with Crippen LogP contribution in [0.1, 0.15) is 25.1 Å². The van der Waals surface area contributed by atoms with Crippen molar-refractivity contribution in [3.8, 4) is 6.07 Å². The Balaban J connectivity index is 2.31. The Hall–Kier alpha value is -1.81. The van der Waals surface area contributed by atoms with Crippen LogP contribution in [0.15, 0.2) is 12.1 Å². The number of anilines is 1. The summed E-state index contributed by atoms with van der Waals surface area (Å²) in [6, 6.07) is 3.72. The molecule has 0 amide bonds. The Morgan fingerprint density at radius 2 is 2.00 bits per heavy atom. The first kappa shape index (κ1) is 14.6. The summed E-state index contributed by atoms with van der Waals surface area (Å²) in [5.74, 6) is -0.0391. The van der Waals surface area contributed by atoms with Crippen molar-refractivity contribution >= 4 is 5.82 Å². The molecule has 1 aliphatic heterocycles. The van der Waals surface area contributed by atoms with Gasteiger partial charge in [0.1, 0.15) is 23.2 Å². The van der Waals surface area contributed by atoms with Crippen LogP contribution in [0.3, 0.4) is 0 Å². The second-order valence-corrected chi connectivity index (χ2v) is 5.29. The highest BCUT2D eigenvalue weighted by atomic mass is 19.4. The van der Waals surface area contributed by atoms with Gasteiger partial charge in [-0.1, -0.05) is 13.8 Å². The first-order valence-corrected chi connectivity index (χ1v) is 6.13. The van der Waals surface area contributed by atoms with Gasteiger partial charge in [-0.15, -0.1) is 0 Å². The van der Waals surface area contributed by atoms with Gasteiger partial charge in [0.15, 0.2) is 0 Å². The lowest BCUT2D eigenvalue weighted by Gasteiger charge is -2.49. The van der Waals surface area contributed by atoms with E-state index < -0.39 is 17.5 Å². The Bertz CT molecular complexity index is 557. The summed E-state index contributed by atoms with van der Waals surface area (Å²) in [6.07, 6.45) is -4.55. The van der Waals surface area contributed by atoms with E-state index >= 15 is 0 Å². The van der Waals surface area contributed by atoms with Gasteiger partial charge in [-0.2, -0.15) is 18.4 Å². The van der Waals surface area contributed by atoms with E-state index in [2.05, 4.69) is 4.98 Å². The average molecular weight is 285 g/mol. The number of rotatable bonds is 2. The molecule has 1 saturated heterocycles. The minimum atomic E-state index is -4.55. The molecule has 2 heterocycles.